The van der Waals surface area contributed by atoms with E-state index in [0.717, 1.165) is 12.1 Å². The maximum Gasteiger partial charge on any atom is 0.416 e. The van der Waals surface area contributed by atoms with Crippen molar-refractivity contribution in [3.8, 4) is 0 Å². The number of halogens is 4. The highest BCUT2D eigenvalue weighted by atomic mass is 19.4. The summed E-state index contributed by atoms with van der Waals surface area (Å²) in [4.78, 5) is 16.8. The number of hydrogen-bond acceptors (Lipinski definition) is 4. The number of alkyl halides is 3. The fourth-order valence-electron chi connectivity index (χ4n) is 2.95. The van der Waals surface area contributed by atoms with Crippen LogP contribution in [0.4, 0.5) is 17.6 Å². The summed E-state index contributed by atoms with van der Waals surface area (Å²) >= 11 is 0. The number of fused-ring (bicyclic) bond motifs is 1. The van der Waals surface area contributed by atoms with Crippen LogP contribution in [0.5, 0.6) is 0 Å². The fourth-order valence-corrected chi connectivity index (χ4v) is 2.95. The van der Waals surface area contributed by atoms with Crippen LogP contribution in [0.25, 0.3) is 5.65 Å². The van der Waals surface area contributed by atoms with E-state index in [0.29, 0.717) is 11.7 Å². The molecule has 0 spiro atoms. The fraction of sp³-hybridized carbons (Fsp3) is 0.235. The van der Waals surface area contributed by atoms with Crippen molar-refractivity contribution < 1.29 is 27.1 Å². The van der Waals surface area contributed by atoms with Gasteiger partial charge in [0, 0.05) is 18.0 Å². The second-order valence-electron chi connectivity index (χ2n) is 6.17. The molecule has 1 aliphatic heterocycles. The van der Waals surface area contributed by atoms with Gasteiger partial charge in [-0.25, -0.2) is 13.9 Å². The zero-order valence-electron chi connectivity index (χ0n) is 13.6. The van der Waals surface area contributed by atoms with Gasteiger partial charge in [-0.05, 0) is 18.2 Å². The maximum absolute atomic E-state index is 14.4. The van der Waals surface area contributed by atoms with Crippen LogP contribution in [-0.4, -0.2) is 33.7 Å². The topological polar surface area (TPSA) is 68.5 Å². The molecule has 6 nitrogen and oxygen atoms in total. The Hall–Kier alpha value is -3.01. The summed E-state index contributed by atoms with van der Waals surface area (Å²) in [7, 11) is 0. The molecule has 0 bridgehead atoms. The lowest BCUT2D eigenvalue weighted by atomic mass is 9.86. The first-order valence-electron chi connectivity index (χ1n) is 7.86. The second-order valence-corrected chi connectivity index (χ2v) is 6.17. The molecule has 1 N–H and O–H groups in total. The van der Waals surface area contributed by atoms with Gasteiger partial charge in [0.1, 0.15) is 16.9 Å². The number of benzene rings is 1. The van der Waals surface area contributed by atoms with Crippen molar-refractivity contribution in [2.24, 2.45) is 0 Å². The molecule has 10 heteroatoms. The molecule has 0 atom stereocenters. The minimum Gasteiger partial charge on any atom is -0.376 e. The first-order valence-corrected chi connectivity index (χ1v) is 7.86. The van der Waals surface area contributed by atoms with E-state index in [9.17, 15) is 22.4 Å². The average Bonchev–Trinajstić information content (AvgIpc) is 3.01. The minimum absolute atomic E-state index is 0.0618. The van der Waals surface area contributed by atoms with Crippen molar-refractivity contribution in [3.05, 3.63) is 65.4 Å². The Bertz CT molecular complexity index is 1030. The Morgan fingerprint density at radius 2 is 2.07 bits per heavy atom. The molecular weight excluding hydrogens is 368 g/mol. The smallest absolute Gasteiger partial charge is 0.376 e. The molecule has 1 saturated heterocycles. The van der Waals surface area contributed by atoms with Gasteiger partial charge in [-0.15, -0.1) is 0 Å². The molecule has 140 valence electrons. The Morgan fingerprint density at radius 3 is 2.70 bits per heavy atom. The van der Waals surface area contributed by atoms with Crippen LogP contribution in [0.2, 0.25) is 0 Å². The van der Waals surface area contributed by atoms with Gasteiger partial charge in [0.2, 0.25) is 0 Å². The van der Waals surface area contributed by atoms with Crippen molar-refractivity contribution in [1.29, 1.82) is 0 Å². The largest absolute Gasteiger partial charge is 0.416 e. The molecule has 4 rings (SSSR count). The Morgan fingerprint density at radius 1 is 1.30 bits per heavy atom. The van der Waals surface area contributed by atoms with E-state index in [4.69, 9.17) is 4.74 Å². The molecular formula is C17H12F4N4O2. The van der Waals surface area contributed by atoms with Crippen LogP contribution in [0.3, 0.4) is 0 Å². The molecule has 1 aromatic carbocycles. The zero-order chi connectivity index (χ0) is 19.2. The second kappa shape index (κ2) is 6.02. The van der Waals surface area contributed by atoms with Crippen LogP contribution >= 0.6 is 0 Å². The molecule has 0 unspecified atom stereocenters. The molecule has 1 amide bonds. The third-order valence-electron chi connectivity index (χ3n) is 4.39. The normalized spacial score (nSPS) is 16.1. The first-order chi connectivity index (χ1) is 12.8. The molecule has 0 saturated carbocycles. The van der Waals surface area contributed by atoms with Gasteiger partial charge in [-0.2, -0.15) is 18.3 Å². The number of carbonyl (C=O) groups excluding carboxylic acids is 1. The van der Waals surface area contributed by atoms with E-state index in [1.54, 1.807) is 12.3 Å². The number of amides is 1. The number of nitrogens with one attached hydrogen (secondary N) is 1. The number of hydrogen-bond donors (Lipinski definition) is 1. The van der Waals surface area contributed by atoms with Crippen molar-refractivity contribution in [2.45, 2.75) is 11.7 Å². The monoisotopic (exact) mass is 380 g/mol. The summed E-state index contributed by atoms with van der Waals surface area (Å²) in [5, 5.41) is 6.67. The van der Waals surface area contributed by atoms with Crippen molar-refractivity contribution >= 4 is 11.6 Å². The van der Waals surface area contributed by atoms with E-state index in [1.165, 1.54) is 16.9 Å². The van der Waals surface area contributed by atoms with E-state index in [-0.39, 0.29) is 24.3 Å². The molecule has 1 fully saturated rings. The Kier molecular flexibility index (Phi) is 3.88. The molecule has 3 heterocycles. The lowest BCUT2D eigenvalue weighted by Crippen LogP contribution is -2.59. The number of aromatic nitrogens is 3. The van der Waals surface area contributed by atoms with Gasteiger partial charge in [0.25, 0.3) is 5.91 Å². The third-order valence-corrected chi connectivity index (χ3v) is 4.39. The summed E-state index contributed by atoms with van der Waals surface area (Å²) in [6.45, 7) is -0.124. The lowest BCUT2D eigenvalue weighted by Gasteiger charge is -2.42. The predicted molar refractivity (Wildman–Crippen MR) is 84.4 cm³/mol. The number of nitrogens with zero attached hydrogens (tertiary/aromatic N) is 3. The van der Waals surface area contributed by atoms with Gasteiger partial charge in [0.05, 0.1) is 25.0 Å². The van der Waals surface area contributed by atoms with Gasteiger partial charge in [0.15, 0.2) is 5.65 Å². The van der Waals surface area contributed by atoms with E-state index < -0.39 is 29.0 Å². The number of carbonyl (C=O) groups is 1. The highest BCUT2D eigenvalue weighted by molar-refractivity contribution is 6.00. The third kappa shape index (κ3) is 2.91. The quantitative estimate of drug-likeness (QED) is 0.709. The van der Waals surface area contributed by atoms with Gasteiger partial charge in [-0.1, -0.05) is 6.07 Å². The van der Waals surface area contributed by atoms with Crippen LogP contribution in [0.15, 0.2) is 42.9 Å². The van der Waals surface area contributed by atoms with Gasteiger partial charge in [-0.3, -0.25) is 4.79 Å². The predicted octanol–water partition coefficient (Wildman–Crippen LogP) is 2.54. The van der Waals surface area contributed by atoms with Gasteiger partial charge < -0.3 is 10.1 Å². The Balaban J connectivity index is 1.66. The van der Waals surface area contributed by atoms with Crippen molar-refractivity contribution in [3.63, 3.8) is 0 Å². The standard InChI is InChI=1S/C17H12F4N4O2/c18-13-6-10(17(19,20)21)2-3-12(13)16(8-27-9-16)24-15(26)11-7-23-25-5-1-4-22-14(11)25/h1-7H,8-9H2,(H,24,26). The van der Waals surface area contributed by atoms with Crippen LogP contribution in [0, 0.1) is 5.82 Å². The van der Waals surface area contributed by atoms with Crippen molar-refractivity contribution in [2.75, 3.05) is 13.2 Å². The highest BCUT2D eigenvalue weighted by Gasteiger charge is 2.45. The Labute approximate surface area is 149 Å². The molecule has 1 aliphatic rings. The molecule has 27 heavy (non-hydrogen) atoms. The first kappa shape index (κ1) is 17.4. The molecule has 0 radical (unpaired) electrons. The zero-order valence-corrected chi connectivity index (χ0v) is 13.6. The lowest BCUT2D eigenvalue weighted by molar-refractivity contribution is -0.137. The van der Waals surface area contributed by atoms with E-state index >= 15 is 0 Å². The summed E-state index contributed by atoms with van der Waals surface area (Å²) in [6.07, 6.45) is -0.245. The molecule has 2 aromatic heterocycles. The van der Waals surface area contributed by atoms with Crippen molar-refractivity contribution in [1.82, 2.24) is 19.9 Å². The summed E-state index contributed by atoms with van der Waals surface area (Å²) in [5.74, 6) is -1.64. The van der Waals surface area contributed by atoms with E-state index in [2.05, 4.69) is 15.4 Å². The highest BCUT2D eigenvalue weighted by Crippen LogP contribution is 2.36. The molecule has 3 aromatic rings. The van der Waals surface area contributed by atoms with Crippen LogP contribution in [-0.2, 0) is 16.5 Å². The van der Waals surface area contributed by atoms with Crippen LogP contribution < -0.4 is 5.32 Å². The van der Waals surface area contributed by atoms with E-state index in [1.807, 2.05) is 0 Å². The number of ether oxygens (including phenoxy) is 1. The van der Waals surface area contributed by atoms with Crippen LogP contribution in [0.1, 0.15) is 21.5 Å². The summed E-state index contributed by atoms with van der Waals surface area (Å²) in [6, 6.07) is 3.86. The SMILES string of the molecule is O=C(NC1(c2ccc(C(F)(F)F)cc2F)COC1)c1cnn2cccnc12. The summed E-state index contributed by atoms with van der Waals surface area (Å²) < 4.78 is 59.2. The minimum atomic E-state index is -4.66. The molecule has 0 aliphatic carbocycles. The summed E-state index contributed by atoms with van der Waals surface area (Å²) in [5.41, 5.74) is -1.96. The van der Waals surface area contributed by atoms with Gasteiger partial charge >= 0.3 is 6.18 Å². The number of rotatable bonds is 3. The average molecular weight is 380 g/mol. The maximum atomic E-state index is 14.4.